The highest BCUT2D eigenvalue weighted by molar-refractivity contribution is 5.36. The monoisotopic (exact) mass is 1910 g/mol. The van der Waals surface area contributed by atoms with Crippen molar-refractivity contribution < 1.29 is 58.3 Å². The number of ether oxygens (including phenoxy) is 8. The Labute approximate surface area is 847 Å². The topological polar surface area (TPSA) is 155 Å². The van der Waals surface area contributed by atoms with Gasteiger partial charge in [0.1, 0.15) is 46.0 Å². The van der Waals surface area contributed by atoms with Gasteiger partial charge < -0.3 is 58.3 Å². The number of aryl methyl sites for hydroxylation is 4. The molecule has 140 heavy (non-hydrogen) atoms. The van der Waals surface area contributed by atoms with Crippen LogP contribution in [0.2, 0.25) is 0 Å². The van der Waals surface area contributed by atoms with E-state index in [0.717, 1.165) is 119 Å². The summed E-state index contributed by atoms with van der Waals surface area (Å²) >= 11 is 0. The highest BCUT2D eigenvalue weighted by atomic mass is 16.7. The standard InChI is InChI=1S/C24H34O2.2C22H30O2.C20H26O2.4C10H14O/c1-6-19(4)23-13-15-24(16-14-23)26-20(5)25-17-7-8-21-9-11-22(12-10-21)18(2)3;1-5-18(3)21-12-14-22(15-13-21)24-19(4)23-16-6-7-20-10-8-17(2)9-11-20;1-5-17(3)21-11-13-22(14-12-21)24-18(4)23-16-15-20-9-7-19(6-2)8-10-20;1-4-16(2)19-10-12-20(13-11-19)22-17(3)21-15-14-18-8-6-5-7-9-18;4*1-3-8(2)9-4-6-10(11)7-5-9/h9-16,18-20H,6-8,17H2,1-5H3;8-15,18-19H,5-7,16H2,1-4H3;7-14,17-18H,5-6,15-16H2,1-4H3;5-13,16-17H,4,14-15H2,1-3H3;4*4-8,11H,3H2,1-2H3. The summed E-state index contributed by atoms with van der Waals surface area (Å²) < 4.78 is 46.4. The maximum Gasteiger partial charge on any atom is 0.196 e. The zero-order valence-corrected chi connectivity index (χ0v) is 89.8. The molecule has 0 aliphatic rings. The van der Waals surface area contributed by atoms with Gasteiger partial charge in [0.25, 0.3) is 0 Å². The summed E-state index contributed by atoms with van der Waals surface area (Å²) in [7, 11) is 0. The second-order valence-electron chi connectivity index (χ2n) is 37.6. The molecule has 12 aromatic rings. The lowest BCUT2D eigenvalue weighted by Gasteiger charge is -2.16. The molecule has 0 radical (unpaired) electrons. The Balaban J connectivity index is 0.000000289. The third-order valence-corrected chi connectivity index (χ3v) is 26.2. The molecule has 12 heteroatoms. The second-order valence-corrected chi connectivity index (χ2v) is 37.6. The van der Waals surface area contributed by atoms with Gasteiger partial charge in [0.15, 0.2) is 25.2 Å². The van der Waals surface area contributed by atoms with Crippen LogP contribution in [0.1, 0.15) is 360 Å². The van der Waals surface area contributed by atoms with Crippen molar-refractivity contribution in [3.8, 4) is 46.0 Å². The van der Waals surface area contributed by atoms with Crippen LogP contribution in [-0.4, -0.2) is 72.0 Å². The van der Waals surface area contributed by atoms with Crippen molar-refractivity contribution in [2.75, 3.05) is 26.4 Å². The number of rotatable bonds is 44. The molecule has 12 nitrogen and oxygen atoms in total. The molecule has 0 saturated carbocycles. The minimum absolute atomic E-state index is 0.225. The molecule has 12 unspecified atom stereocenters. The van der Waals surface area contributed by atoms with Crippen molar-refractivity contribution in [1.29, 1.82) is 0 Å². The Morgan fingerprint density at radius 3 is 0.621 bits per heavy atom. The minimum Gasteiger partial charge on any atom is -0.508 e. The van der Waals surface area contributed by atoms with Crippen molar-refractivity contribution in [2.45, 2.75) is 341 Å². The zero-order valence-electron chi connectivity index (χ0n) is 89.8. The van der Waals surface area contributed by atoms with Crippen molar-refractivity contribution in [2.24, 2.45) is 0 Å². The van der Waals surface area contributed by atoms with Gasteiger partial charge in [0, 0.05) is 0 Å². The van der Waals surface area contributed by atoms with E-state index in [4.69, 9.17) is 58.3 Å². The first-order chi connectivity index (χ1) is 67.3. The molecular formula is C128H176O12. The summed E-state index contributed by atoms with van der Waals surface area (Å²) in [5.74, 6) is 10.2. The lowest BCUT2D eigenvalue weighted by molar-refractivity contribution is -0.0675. The Morgan fingerprint density at radius 1 is 0.200 bits per heavy atom. The summed E-state index contributed by atoms with van der Waals surface area (Å²) in [5.41, 5.74) is 20.0. The summed E-state index contributed by atoms with van der Waals surface area (Å²) in [6, 6.07) is 99.8. The molecule has 12 rings (SSSR count). The Hall–Kier alpha value is -11.1. The van der Waals surface area contributed by atoms with Gasteiger partial charge in [-0.05, 0) is 359 Å². The van der Waals surface area contributed by atoms with E-state index in [1.54, 1.807) is 48.5 Å². The number of hydrogen-bond donors (Lipinski definition) is 4. The van der Waals surface area contributed by atoms with Gasteiger partial charge >= 0.3 is 0 Å². The van der Waals surface area contributed by atoms with Crippen LogP contribution in [0.5, 0.6) is 46.0 Å². The molecule has 0 spiro atoms. The summed E-state index contributed by atoms with van der Waals surface area (Å²) in [4.78, 5) is 0. The number of hydrogen-bond acceptors (Lipinski definition) is 12. The second kappa shape index (κ2) is 68.9. The molecule has 0 aliphatic carbocycles. The van der Waals surface area contributed by atoms with Gasteiger partial charge in [-0.1, -0.05) is 337 Å². The largest absolute Gasteiger partial charge is 0.508 e. The number of aromatic hydroxyl groups is 4. The average Bonchev–Trinajstić information content (AvgIpc) is 0.882. The first-order valence-electron chi connectivity index (χ1n) is 52.3. The number of phenolic OH excluding ortho intramolecular Hbond substituents is 4. The van der Waals surface area contributed by atoms with E-state index in [0.29, 0.717) is 103 Å². The minimum atomic E-state index is -0.241. The van der Waals surface area contributed by atoms with Gasteiger partial charge in [-0.25, -0.2) is 0 Å². The molecule has 760 valence electrons. The van der Waals surface area contributed by atoms with Crippen LogP contribution in [0.4, 0.5) is 0 Å². The van der Waals surface area contributed by atoms with E-state index < -0.39 is 0 Å². The van der Waals surface area contributed by atoms with Crippen LogP contribution in [0.3, 0.4) is 0 Å². The molecule has 0 bridgehead atoms. The zero-order chi connectivity index (χ0) is 103. The van der Waals surface area contributed by atoms with E-state index in [2.05, 4.69) is 272 Å². The Bertz CT molecular complexity index is 4860. The van der Waals surface area contributed by atoms with Gasteiger partial charge in [-0.15, -0.1) is 0 Å². The Morgan fingerprint density at radius 2 is 0.393 bits per heavy atom. The van der Waals surface area contributed by atoms with Crippen LogP contribution < -0.4 is 18.9 Å². The first-order valence-corrected chi connectivity index (χ1v) is 52.3. The summed E-state index contributed by atoms with van der Waals surface area (Å²) in [5, 5.41) is 36.0. The normalized spacial score (nSPS) is 13.3. The fraction of sp³-hybridized carbons (Fsp3) is 0.438. The van der Waals surface area contributed by atoms with Crippen molar-refractivity contribution >= 4 is 0 Å². The lowest BCUT2D eigenvalue weighted by atomic mass is 9.99. The number of benzene rings is 12. The molecule has 0 aromatic heterocycles. The van der Waals surface area contributed by atoms with E-state index >= 15 is 0 Å². The predicted molar refractivity (Wildman–Crippen MR) is 590 cm³/mol. The highest BCUT2D eigenvalue weighted by Gasteiger charge is 2.15. The van der Waals surface area contributed by atoms with E-state index in [9.17, 15) is 0 Å². The van der Waals surface area contributed by atoms with Gasteiger partial charge in [0.05, 0.1) is 26.4 Å². The third-order valence-electron chi connectivity index (χ3n) is 26.2. The van der Waals surface area contributed by atoms with Crippen molar-refractivity contribution in [3.05, 3.63) is 381 Å². The predicted octanol–water partition coefficient (Wildman–Crippen LogP) is 35.1. The molecule has 4 N–H and O–H groups in total. The van der Waals surface area contributed by atoms with E-state index in [1.165, 1.54) is 83.5 Å². The fourth-order valence-corrected chi connectivity index (χ4v) is 14.6. The molecule has 0 fully saturated rings. The molecule has 12 aromatic carbocycles. The smallest absolute Gasteiger partial charge is 0.196 e. The van der Waals surface area contributed by atoms with Gasteiger partial charge in [-0.3, -0.25) is 0 Å². The van der Waals surface area contributed by atoms with Gasteiger partial charge in [0.2, 0.25) is 0 Å². The summed E-state index contributed by atoms with van der Waals surface area (Å²) in [6.45, 7) is 54.5. The van der Waals surface area contributed by atoms with Gasteiger partial charge in [-0.2, -0.15) is 0 Å². The molecule has 0 saturated heterocycles. The molecule has 0 amide bonds. The van der Waals surface area contributed by atoms with Crippen molar-refractivity contribution in [3.63, 3.8) is 0 Å². The molecule has 0 aliphatic heterocycles. The summed E-state index contributed by atoms with van der Waals surface area (Å²) in [6.07, 6.45) is 15.2. The van der Waals surface area contributed by atoms with Crippen LogP contribution in [0.25, 0.3) is 0 Å². The maximum atomic E-state index is 9.01. The van der Waals surface area contributed by atoms with Crippen LogP contribution in [0.15, 0.2) is 297 Å². The molecule has 0 heterocycles. The number of phenols is 4. The van der Waals surface area contributed by atoms with E-state index in [1.807, 2.05) is 143 Å². The van der Waals surface area contributed by atoms with Crippen molar-refractivity contribution in [1.82, 2.24) is 0 Å². The highest BCUT2D eigenvalue weighted by Crippen LogP contribution is 2.31. The quantitative estimate of drug-likeness (QED) is 0.0212. The molecular weight excluding hydrogens is 1730 g/mol. The SMILES string of the molecule is CCC(C)c1ccc(O)cc1.CCC(C)c1ccc(O)cc1.CCC(C)c1ccc(O)cc1.CCC(C)c1ccc(O)cc1.CCC(C)c1ccc(OC(C)OCCCc2ccc(C(C)C)cc2)cc1.CCC(C)c1ccc(OC(C)OCCCc2ccc(C)cc2)cc1.CCC(C)c1ccc(OC(C)OCCc2ccccc2)cc1.CCc1ccc(CCOC(C)Oc2ccc(C(C)CC)cc2)cc1. The van der Waals surface area contributed by atoms with Crippen LogP contribution >= 0.6 is 0 Å². The maximum absolute atomic E-state index is 9.01. The Kier molecular flexibility index (Phi) is 58.7. The van der Waals surface area contributed by atoms with E-state index in [-0.39, 0.29) is 25.2 Å². The third kappa shape index (κ3) is 48.8. The lowest BCUT2D eigenvalue weighted by Crippen LogP contribution is -2.17. The van der Waals surface area contributed by atoms with Crippen LogP contribution in [0, 0.1) is 6.92 Å². The van der Waals surface area contributed by atoms with Crippen LogP contribution in [-0.2, 0) is 51.1 Å². The fourth-order valence-electron chi connectivity index (χ4n) is 14.6. The first kappa shape index (κ1) is 119. The average molecular weight is 1910 g/mol. The molecule has 12 atom stereocenters.